The van der Waals surface area contributed by atoms with Gasteiger partial charge in [-0.25, -0.2) is 8.42 Å². The van der Waals surface area contributed by atoms with Gasteiger partial charge in [-0.05, 0) is 58.7 Å². The Morgan fingerprint density at radius 3 is 2.57 bits per heavy atom. The van der Waals surface area contributed by atoms with Crippen LogP contribution in [-0.2, 0) is 10.0 Å². The van der Waals surface area contributed by atoms with Crippen LogP contribution >= 0.6 is 0 Å². The molecule has 1 aromatic rings. The van der Waals surface area contributed by atoms with Crippen molar-refractivity contribution in [3.05, 3.63) is 29.8 Å². The lowest BCUT2D eigenvalue weighted by atomic mass is 10.1. The molecule has 1 saturated heterocycles. The van der Waals surface area contributed by atoms with Gasteiger partial charge in [0, 0.05) is 23.7 Å². The fourth-order valence-electron chi connectivity index (χ4n) is 2.77. The molecule has 0 spiro atoms. The first-order valence-electron chi connectivity index (χ1n) is 8.06. The van der Waals surface area contributed by atoms with Crippen LogP contribution in [0.1, 0.15) is 57.3 Å². The minimum absolute atomic E-state index is 0.000748. The van der Waals surface area contributed by atoms with Crippen molar-refractivity contribution in [3.63, 3.8) is 0 Å². The molecular weight excluding hydrogens is 312 g/mol. The molecule has 1 atom stereocenters. The van der Waals surface area contributed by atoms with E-state index in [9.17, 15) is 13.2 Å². The molecule has 1 aliphatic heterocycles. The van der Waals surface area contributed by atoms with Crippen molar-refractivity contribution in [2.45, 2.75) is 63.4 Å². The Morgan fingerprint density at radius 2 is 1.96 bits per heavy atom. The largest absolute Gasteiger partial charge is 0.347 e. The van der Waals surface area contributed by atoms with Crippen molar-refractivity contribution in [2.75, 3.05) is 6.54 Å². The van der Waals surface area contributed by atoms with Crippen LogP contribution in [0.2, 0.25) is 0 Å². The van der Waals surface area contributed by atoms with Gasteiger partial charge in [0.15, 0.2) is 0 Å². The van der Waals surface area contributed by atoms with Crippen LogP contribution in [0.4, 0.5) is 0 Å². The van der Waals surface area contributed by atoms with Gasteiger partial charge < -0.3 is 5.32 Å². The van der Waals surface area contributed by atoms with E-state index in [1.54, 1.807) is 22.5 Å². The second-order valence-electron chi connectivity index (χ2n) is 7.19. The Kier molecular flexibility index (Phi) is 5.16. The summed E-state index contributed by atoms with van der Waals surface area (Å²) in [5.41, 5.74) is -0.00136. The van der Waals surface area contributed by atoms with Gasteiger partial charge in [-0.15, -0.1) is 0 Å². The van der Waals surface area contributed by atoms with Gasteiger partial charge in [-0.3, -0.25) is 4.79 Å². The number of hydrogen-bond acceptors (Lipinski definition) is 3. The maximum absolute atomic E-state index is 12.9. The zero-order chi connectivity index (χ0) is 17.3. The summed E-state index contributed by atoms with van der Waals surface area (Å²) < 4.78 is 27.3. The number of piperidine rings is 1. The third kappa shape index (κ3) is 4.32. The number of nitrogens with zero attached hydrogens (tertiary/aromatic N) is 1. The van der Waals surface area contributed by atoms with Crippen molar-refractivity contribution in [3.8, 4) is 0 Å². The molecule has 1 aromatic carbocycles. The molecule has 0 bridgehead atoms. The fraction of sp³-hybridized carbons (Fsp3) is 0.588. The molecule has 0 radical (unpaired) electrons. The molecule has 1 heterocycles. The predicted molar refractivity (Wildman–Crippen MR) is 90.9 cm³/mol. The maximum atomic E-state index is 12.9. The zero-order valence-electron chi connectivity index (χ0n) is 14.3. The molecular formula is C17H26N2O3S. The van der Waals surface area contributed by atoms with E-state index in [0.29, 0.717) is 12.1 Å². The van der Waals surface area contributed by atoms with Crippen molar-refractivity contribution in [2.24, 2.45) is 0 Å². The summed E-state index contributed by atoms with van der Waals surface area (Å²) in [4.78, 5) is 12.4. The molecule has 1 fully saturated rings. The quantitative estimate of drug-likeness (QED) is 0.921. The van der Waals surface area contributed by atoms with E-state index in [4.69, 9.17) is 0 Å². The zero-order valence-corrected chi connectivity index (χ0v) is 15.1. The first-order chi connectivity index (χ1) is 10.6. The molecule has 0 aliphatic carbocycles. The number of amides is 1. The van der Waals surface area contributed by atoms with Crippen LogP contribution in [0.25, 0.3) is 0 Å². The SMILES string of the molecule is CC1CCCCN1S(=O)(=O)c1cccc(C(=O)NC(C)(C)C)c1. The minimum atomic E-state index is -3.56. The molecule has 0 aromatic heterocycles. The topological polar surface area (TPSA) is 66.5 Å². The molecule has 1 amide bonds. The van der Waals surface area contributed by atoms with Crippen molar-refractivity contribution >= 4 is 15.9 Å². The van der Waals surface area contributed by atoms with Gasteiger partial charge in [0.05, 0.1) is 4.90 Å². The van der Waals surface area contributed by atoms with Gasteiger partial charge in [-0.2, -0.15) is 4.31 Å². The second kappa shape index (κ2) is 6.61. The van der Waals surface area contributed by atoms with Crippen LogP contribution in [-0.4, -0.2) is 36.8 Å². The second-order valence-corrected chi connectivity index (χ2v) is 9.08. The third-order valence-electron chi connectivity index (χ3n) is 3.93. The first-order valence-corrected chi connectivity index (χ1v) is 9.50. The Bertz CT molecular complexity index is 677. The van der Waals surface area contributed by atoms with Crippen molar-refractivity contribution in [1.82, 2.24) is 9.62 Å². The summed E-state index contributed by atoms with van der Waals surface area (Å²) in [5.74, 6) is -0.263. The lowest BCUT2D eigenvalue weighted by molar-refractivity contribution is 0.0919. The summed E-state index contributed by atoms with van der Waals surface area (Å²) in [7, 11) is -3.56. The number of hydrogen-bond donors (Lipinski definition) is 1. The summed E-state index contributed by atoms with van der Waals surface area (Å²) in [6.07, 6.45) is 2.82. The number of sulfonamides is 1. The Hall–Kier alpha value is -1.40. The molecule has 2 rings (SSSR count). The molecule has 1 N–H and O–H groups in total. The molecule has 128 valence electrons. The average molecular weight is 338 g/mol. The van der Waals surface area contributed by atoms with Crippen LogP contribution < -0.4 is 5.32 Å². The number of rotatable bonds is 3. The van der Waals surface area contributed by atoms with E-state index in [-0.39, 0.29) is 22.4 Å². The third-order valence-corrected chi connectivity index (χ3v) is 5.94. The molecule has 5 nitrogen and oxygen atoms in total. The molecule has 6 heteroatoms. The Morgan fingerprint density at radius 1 is 1.26 bits per heavy atom. The number of carbonyl (C=O) groups is 1. The van der Waals surface area contributed by atoms with E-state index in [1.807, 2.05) is 27.7 Å². The highest BCUT2D eigenvalue weighted by atomic mass is 32.2. The minimum Gasteiger partial charge on any atom is -0.347 e. The van der Waals surface area contributed by atoms with Crippen LogP contribution in [0, 0.1) is 0 Å². The molecule has 23 heavy (non-hydrogen) atoms. The van der Waals surface area contributed by atoms with E-state index < -0.39 is 10.0 Å². The predicted octanol–water partition coefficient (Wildman–Crippen LogP) is 2.78. The summed E-state index contributed by atoms with van der Waals surface area (Å²) >= 11 is 0. The normalized spacial score (nSPS) is 20.3. The summed E-state index contributed by atoms with van der Waals surface area (Å²) in [5, 5.41) is 2.86. The Balaban J connectivity index is 2.30. The van der Waals surface area contributed by atoms with E-state index in [2.05, 4.69) is 5.32 Å². The number of carbonyl (C=O) groups excluding carboxylic acids is 1. The van der Waals surface area contributed by atoms with E-state index >= 15 is 0 Å². The highest BCUT2D eigenvalue weighted by Crippen LogP contribution is 2.25. The number of benzene rings is 1. The summed E-state index contributed by atoms with van der Waals surface area (Å²) in [6, 6.07) is 6.29. The number of nitrogens with one attached hydrogen (secondary N) is 1. The standard InChI is InChI=1S/C17H26N2O3S/c1-13-8-5-6-11-19(13)23(21,22)15-10-7-9-14(12-15)16(20)18-17(2,3)4/h7,9-10,12-13H,5-6,8,11H2,1-4H3,(H,18,20). The van der Waals surface area contributed by atoms with E-state index in [1.165, 1.54) is 6.07 Å². The lowest BCUT2D eigenvalue weighted by Crippen LogP contribution is -2.42. The monoisotopic (exact) mass is 338 g/mol. The van der Waals surface area contributed by atoms with Crippen LogP contribution in [0.5, 0.6) is 0 Å². The van der Waals surface area contributed by atoms with Crippen LogP contribution in [0.15, 0.2) is 29.2 Å². The fourth-order valence-corrected chi connectivity index (χ4v) is 4.52. The Labute approximate surface area is 139 Å². The van der Waals surface area contributed by atoms with Crippen LogP contribution in [0.3, 0.4) is 0 Å². The molecule has 1 aliphatic rings. The highest BCUT2D eigenvalue weighted by molar-refractivity contribution is 7.89. The summed E-state index contributed by atoms with van der Waals surface area (Å²) in [6.45, 7) is 8.15. The average Bonchev–Trinajstić information content (AvgIpc) is 2.46. The van der Waals surface area contributed by atoms with Gasteiger partial charge in [-0.1, -0.05) is 12.5 Å². The first kappa shape index (κ1) is 17.9. The highest BCUT2D eigenvalue weighted by Gasteiger charge is 2.31. The molecule has 1 unspecified atom stereocenters. The lowest BCUT2D eigenvalue weighted by Gasteiger charge is -2.32. The van der Waals surface area contributed by atoms with Gasteiger partial charge >= 0.3 is 0 Å². The smallest absolute Gasteiger partial charge is 0.251 e. The van der Waals surface area contributed by atoms with Gasteiger partial charge in [0.1, 0.15) is 0 Å². The van der Waals surface area contributed by atoms with Crippen molar-refractivity contribution < 1.29 is 13.2 Å². The van der Waals surface area contributed by atoms with E-state index in [0.717, 1.165) is 19.3 Å². The van der Waals surface area contributed by atoms with Crippen molar-refractivity contribution in [1.29, 1.82) is 0 Å². The maximum Gasteiger partial charge on any atom is 0.251 e. The van der Waals surface area contributed by atoms with Gasteiger partial charge in [0.2, 0.25) is 10.0 Å². The van der Waals surface area contributed by atoms with Gasteiger partial charge in [0.25, 0.3) is 5.91 Å². The molecule has 0 saturated carbocycles.